The van der Waals surface area contributed by atoms with Crippen molar-refractivity contribution in [3.63, 3.8) is 0 Å². The van der Waals surface area contributed by atoms with Crippen molar-refractivity contribution in [2.45, 2.75) is 5.75 Å². The van der Waals surface area contributed by atoms with Gasteiger partial charge in [0.05, 0.1) is 11.4 Å². The molecule has 0 aliphatic heterocycles. The second-order valence-electron chi connectivity index (χ2n) is 4.18. The summed E-state index contributed by atoms with van der Waals surface area (Å²) in [4.78, 5) is 0. The molecule has 3 N–H and O–H groups in total. The first-order chi connectivity index (χ1) is 9.37. The van der Waals surface area contributed by atoms with Crippen molar-refractivity contribution >= 4 is 37.3 Å². The van der Waals surface area contributed by atoms with E-state index in [1.165, 1.54) is 12.1 Å². The van der Waals surface area contributed by atoms with E-state index in [9.17, 15) is 12.8 Å². The summed E-state index contributed by atoms with van der Waals surface area (Å²) in [6.45, 7) is 0. The molecule has 0 saturated heterocycles. The highest BCUT2D eigenvalue weighted by atomic mass is 79.9. The first-order valence-electron chi connectivity index (χ1n) is 5.66. The van der Waals surface area contributed by atoms with Gasteiger partial charge in [-0.2, -0.15) is 0 Å². The number of anilines is 2. The quantitative estimate of drug-likeness (QED) is 0.824. The van der Waals surface area contributed by atoms with E-state index >= 15 is 0 Å². The number of para-hydroxylation sites is 1. The summed E-state index contributed by atoms with van der Waals surface area (Å²) in [7, 11) is -3.73. The third kappa shape index (κ3) is 3.71. The van der Waals surface area contributed by atoms with Crippen LogP contribution >= 0.6 is 15.9 Å². The van der Waals surface area contributed by atoms with Gasteiger partial charge in [0.2, 0.25) is 10.0 Å². The molecule has 0 heterocycles. The fourth-order valence-corrected chi connectivity index (χ4v) is 3.22. The predicted molar refractivity (Wildman–Crippen MR) is 81.2 cm³/mol. The molecule has 0 aliphatic carbocycles. The van der Waals surface area contributed by atoms with Crippen LogP contribution < -0.4 is 10.5 Å². The van der Waals surface area contributed by atoms with E-state index in [4.69, 9.17) is 5.73 Å². The van der Waals surface area contributed by atoms with Gasteiger partial charge in [-0.25, -0.2) is 12.8 Å². The molecular formula is C13H12BrFN2O2S. The molecule has 0 aromatic heterocycles. The summed E-state index contributed by atoms with van der Waals surface area (Å²) in [6, 6.07) is 10.7. The van der Waals surface area contributed by atoms with Gasteiger partial charge < -0.3 is 5.73 Å². The lowest BCUT2D eigenvalue weighted by Gasteiger charge is -2.10. The maximum Gasteiger partial charge on any atom is 0.237 e. The Morgan fingerprint density at radius 1 is 1.20 bits per heavy atom. The van der Waals surface area contributed by atoms with E-state index in [1.54, 1.807) is 30.3 Å². The van der Waals surface area contributed by atoms with Gasteiger partial charge in [-0.1, -0.05) is 34.1 Å². The second kappa shape index (κ2) is 5.80. The molecule has 4 nitrogen and oxygen atoms in total. The van der Waals surface area contributed by atoms with Crippen LogP contribution in [0.2, 0.25) is 0 Å². The first kappa shape index (κ1) is 14.8. The number of nitrogens with one attached hydrogen (secondary N) is 1. The molecule has 0 fully saturated rings. The predicted octanol–water partition coefficient (Wildman–Crippen LogP) is 3.11. The molecule has 2 aromatic rings. The van der Waals surface area contributed by atoms with Crippen molar-refractivity contribution in [2.75, 3.05) is 10.5 Å². The number of sulfonamides is 1. The largest absolute Gasteiger partial charge is 0.398 e. The monoisotopic (exact) mass is 358 g/mol. The van der Waals surface area contributed by atoms with Gasteiger partial charge in [0.15, 0.2) is 0 Å². The first-order valence-corrected chi connectivity index (χ1v) is 8.11. The number of benzene rings is 2. The summed E-state index contributed by atoms with van der Waals surface area (Å²) < 4.78 is 40.4. The SMILES string of the molecule is Nc1ccccc1CS(=O)(=O)Nc1ccc(Br)cc1F. The molecule has 0 spiro atoms. The highest BCUT2D eigenvalue weighted by Gasteiger charge is 2.15. The van der Waals surface area contributed by atoms with E-state index < -0.39 is 15.8 Å². The van der Waals surface area contributed by atoms with Gasteiger partial charge in [0, 0.05) is 10.2 Å². The van der Waals surface area contributed by atoms with Crippen molar-refractivity contribution < 1.29 is 12.8 Å². The van der Waals surface area contributed by atoms with Crippen LogP contribution in [0.25, 0.3) is 0 Å². The number of hydrogen-bond acceptors (Lipinski definition) is 3. The fourth-order valence-electron chi connectivity index (χ4n) is 1.65. The molecule has 106 valence electrons. The maximum absolute atomic E-state index is 13.6. The molecule has 0 atom stereocenters. The van der Waals surface area contributed by atoms with Crippen LogP contribution in [-0.4, -0.2) is 8.42 Å². The lowest BCUT2D eigenvalue weighted by molar-refractivity contribution is 0.598. The van der Waals surface area contributed by atoms with Crippen molar-refractivity contribution in [3.8, 4) is 0 Å². The number of nitrogen functional groups attached to an aromatic ring is 1. The fraction of sp³-hybridized carbons (Fsp3) is 0.0769. The summed E-state index contributed by atoms with van der Waals surface area (Å²) in [5.74, 6) is -0.959. The standard InChI is InChI=1S/C13H12BrFN2O2S/c14-10-5-6-13(11(15)7-10)17-20(18,19)8-9-3-1-2-4-12(9)16/h1-7,17H,8,16H2. The highest BCUT2D eigenvalue weighted by Crippen LogP contribution is 2.22. The number of hydrogen-bond donors (Lipinski definition) is 2. The third-order valence-corrected chi connectivity index (χ3v) is 4.31. The van der Waals surface area contributed by atoms with Crippen LogP contribution in [0.15, 0.2) is 46.9 Å². The van der Waals surface area contributed by atoms with Crippen LogP contribution in [0.4, 0.5) is 15.8 Å². The zero-order chi connectivity index (χ0) is 14.8. The molecule has 0 saturated carbocycles. The van der Waals surface area contributed by atoms with Gasteiger partial charge in [0.1, 0.15) is 5.82 Å². The molecule has 2 aromatic carbocycles. The summed E-state index contributed by atoms with van der Waals surface area (Å²) in [5, 5.41) is 0. The second-order valence-corrected chi connectivity index (χ2v) is 6.82. The van der Waals surface area contributed by atoms with Crippen molar-refractivity contribution in [1.82, 2.24) is 0 Å². The lowest BCUT2D eigenvalue weighted by atomic mass is 10.2. The van der Waals surface area contributed by atoms with Gasteiger partial charge >= 0.3 is 0 Å². The van der Waals surface area contributed by atoms with E-state index in [2.05, 4.69) is 20.7 Å². The van der Waals surface area contributed by atoms with Crippen LogP contribution in [0.1, 0.15) is 5.56 Å². The summed E-state index contributed by atoms with van der Waals surface area (Å²) >= 11 is 3.11. The smallest absolute Gasteiger partial charge is 0.237 e. The zero-order valence-electron chi connectivity index (χ0n) is 10.3. The Kier molecular flexibility index (Phi) is 4.29. The number of halogens is 2. The number of nitrogens with two attached hydrogens (primary N) is 1. The van der Waals surface area contributed by atoms with Gasteiger partial charge in [-0.05, 0) is 29.8 Å². The third-order valence-electron chi connectivity index (χ3n) is 2.60. The molecule has 7 heteroatoms. The molecular weight excluding hydrogens is 347 g/mol. The molecule has 0 radical (unpaired) electrons. The normalized spacial score (nSPS) is 11.3. The molecule has 2 rings (SSSR count). The van der Waals surface area contributed by atoms with Crippen LogP contribution in [0, 0.1) is 5.82 Å². The minimum absolute atomic E-state index is 0.0947. The Morgan fingerprint density at radius 3 is 2.55 bits per heavy atom. The van der Waals surface area contributed by atoms with E-state index in [-0.39, 0.29) is 11.4 Å². The lowest BCUT2D eigenvalue weighted by Crippen LogP contribution is -2.16. The van der Waals surface area contributed by atoms with E-state index in [0.29, 0.717) is 15.7 Å². The Labute approximate surface area is 125 Å². The van der Waals surface area contributed by atoms with Crippen LogP contribution in [0.5, 0.6) is 0 Å². The summed E-state index contributed by atoms with van der Waals surface area (Å²) in [6.07, 6.45) is 0. The Hall–Kier alpha value is -1.60. The highest BCUT2D eigenvalue weighted by molar-refractivity contribution is 9.10. The Morgan fingerprint density at radius 2 is 1.90 bits per heavy atom. The zero-order valence-corrected chi connectivity index (χ0v) is 12.7. The molecule has 0 unspecified atom stereocenters. The van der Waals surface area contributed by atoms with E-state index in [1.807, 2.05) is 0 Å². The van der Waals surface area contributed by atoms with Crippen molar-refractivity contribution in [1.29, 1.82) is 0 Å². The molecule has 0 amide bonds. The van der Waals surface area contributed by atoms with Gasteiger partial charge in [0.25, 0.3) is 0 Å². The molecule has 0 aliphatic rings. The maximum atomic E-state index is 13.6. The van der Waals surface area contributed by atoms with E-state index in [0.717, 1.165) is 0 Å². The Balaban J connectivity index is 2.22. The average Bonchev–Trinajstić information content (AvgIpc) is 2.35. The minimum atomic E-state index is -3.73. The number of rotatable bonds is 4. The van der Waals surface area contributed by atoms with Gasteiger partial charge in [-0.3, -0.25) is 4.72 Å². The topological polar surface area (TPSA) is 72.2 Å². The average molecular weight is 359 g/mol. The van der Waals surface area contributed by atoms with Crippen LogP contribution in [0.3, 0.4) is 0 Å². The van der Waals surface area contributed by atoms with Crippen molar-refractivity contribution in [2.24, 2.45) is 0 Å². The van der Waals surface area contributed by atoms with Crippen molar-refractivity contribution in [3.05, 3.63) is 58.3 Å². The molecule has 0 bridgehead atoms. The minimum Gasteiger partial charge on any atom is -0.398 e. The Bertz CT molecular complexity index is 735. The van der Waals surface area contributed by atoms with Crippen LogP contribution in [-0.2, 0) is 15.8 Å². The molecule has 20 heavy (non-hydrogen) atoms. The summed E-state index contributed by atoms with van der Waals surface area (Å²) in [5.41, 5.74) is 6.46. The van der Waals surface area contributed by atoms with Gasteiger partial charge in [-0.15, -0.1) is 0 Å².